The largest absolute Gasteiger partial charge is 0.364 e. The van der Waals surface area contributed by atoms with Gasteiger partial charge in [-0.05, 0) is 24.6 Å². The average molecular weight is 315 g/mol. The Labute approximate surface area is 133 Å². The number of benzene rings is 1. The van der Waals surface area contributed by atoms with Crippen molar-refractivity contribution in [1.82, 2.24) is 4.98 Å². The Hall–Kier alpha value is -2.25. The molecule has 2 saturated heterocycles. The number of fused-ring (bicyclic) bond motifs is 1. The fourth-order valence-corrected chi connectivity index (χ4v) is 3.48. The lowest BCUT2D eigenvalue weighted by Gasteiger charge is -2.39. The van der Waals surface area contributed by atoms with Crippen LogP contribution in [0.4, 0.5) is 11.4 Å². The van der Waals surface area contributed by atoms with Crippen LogP contribution in [0.5, 0.6) is 0 Å². The molecule has 120 valence electrons. The highest BCUT2D eigenvalue weighted by Crippen LogP contribution is 2.37. The number of nitrogens with zero attached hydrogens (tertiary/aromatic N) is 3. The molecule has 0 saturated carbocycles. The highest BCUT2D eigenvalue weighted by atomic mass is 16.7. The van der Waals surface area contributed by atoms with Crippen LogP contribution in [0.25, 0.3) is 10.9 Å². The van der Waals surface area contributed by atoms with Crippen LogP contribution in [0.2, 0.25) is 0 Å². The van der Waals surface area contributed by atoms with E-state index in [2.05, 4.69) is 9.88 Å². The summed E-state index contributed by atoms with van der Waals surface area (Å²) in [6.45, 7) is 2.72. The lowest BCUT2D eigenvalue weighted by molar-refractivity contribution is -0.383. The molecule has 0 bridgehead atoms. The second kappa shape index (κ2) is 5.43. The summed E-state index contributed by atoms with van der Waals surface area (Å²) in [5, 5.41) is 11.8. The SMILES string of the molecule is O=[N+]([O-])c1ccc(N2CCCC3(C2)OCCO3)c2ncccc12. The molecule has 0 atom stereocenters. The zero-order chi connectivity index (χ0) is 15.9. The summed E-state index contributed by atoms with van der Waals surface area (Å²) in [5.74, 6) is -0.541. The molecule has 7 heteroatoms. The molecule has 7 nitrogen and oxygen atoms in total. The maximum atomic E-state index is 11.2. The third kappa shape index (κ3) is 2.42. The van der Waals surface area contributed by atoms with Gasteiger partial charge in [-0.2, -0.15) is 0 Å². The van der Waals surface area contributed by atoms with E-state index in [0.717, 1.165) is 25.1 Å². The Morgan fingerprint density at radius 1 is 1.26 bits per heavy atom. The first-order chi connectivity index (χ1) is 11.2. The van der Waals surface area contributed by atoms with Crippen LogP contribution in [0.1, 0.15) is 12.8 Å². The topological polar surface area (TPSA) is 77.7 Å². The lowest BCUT2D eigenvalue weighted by Crippen LogP contribution is -2.49. The Balaban J connectivity index is 1.77. The number of non-ortho nitro benzene ring substituents is 1. The highest BCUT2D eigenvalue weighted by Gasteiger charge is 2.41. The molecule has 2 fully saturated rings. The van der Waals surface area contributed by atoms with Gasteiger partial charge < -0.3 is 14.4 Å². The van der Waals surface area contributed by atoms with Crippen LogP contribution in [0.3, 0.4) is 0 Å². The molecule has 1 aromatic heterocycles. The normalized spacial score (nSPS) is 20.3. The molecule has 0 unspecified atom stereocenters. The first-order valence-electron chi connectivity index (χ1n) is 7.74. The van der Waals surface area contributed by atoms with Gasteiger partial charge in [0.05, 0.1) is 35.8 Å². The van der Waals surface area contributed by atoms with E-state index in [1.807, 2.05) is 0 Å². The standard InChI is InChI=1S/C16H17N3O4/c20-19(21)13-4-5-14(15-12(13)3-1-7-17-15)18-8-2-6-16(11-18)22-9-10-23-16/h1,3-5,7H,2,6,8-11H2. The monoisotopic (exact) mass is 315 g/mol. The number of nitro groups is 1. The van der Waals surface area contributed by atoms with Crippen molar-refractivity contribution in [3.05, 3.63) is 40.6 Å². The molecule has 2 aliphatic heterocycles. The average Bonchev–Trinajstić information content (AvgIpc) is 3.01. The second-order valence-electron chi connectivity index (χ2n) is 5.89. The van der Waals surface area contributed by atoms with Crippen molar-refractivity contribution < 1.29 is 14.4 Å². The zero-order valence-corrected chi connectivity index (χ0v) is 12.6. The van der Waals surface area contributed by atoms with E-state index in [0.29, 0.717) is 30.7 Å². The van der Waals surface area contributed by atoms with E-state index in [1.165, 1.54) is 0 Å². The van der Waals surface area contributed by atoms with E-state index in [1.54, 1.807) is 30.5 Å². The summed E-state index contributed by atoms with van der Waals surface area (Å²) in [6, 6.07) is 6.80. The number of hydrogen-bond donors (Lipinski definition) is 0. The van der Waals surface area contributed by atoms with Gasteiger partial charge in [-0.1, -0.05) is 0 Å². The molecule has 0 N–H and O–H groups in total. The summed E-state index contributed by atoms with van der Waals surface area (Å²) in [7, 11) is 0. The summed E-state index contributed by atoms with van der Waals surface area (Å²) in [4.78, 5) is 17.4. The Morgan fingerprint density at radius 2 is 2.09 bits per heavy atom. The van der Waals surface area contributed by atoms with E-state index < -0.39 is 5.79 Å². The fraction of sp³-hybridized carbons (Fsp3) is 0.438. The van der Waals surface area contributed by atoms with Crippen LogP contribution in [0.15, 0.2) is 30.5 Å². The van der Waals surface area contributed by atoms with Gasteiger partial charge in [-0.25, -0.2) is 0 Å². The van der Waals surface area contributed by atoms with Gasteiger partial charge in [0.2, 0.25) is 0 Å². The summed E-state index contributed by atoms with van der Waals surface area (Å²) in [5.41, 5.74) is 1.62. The maximum absolute atomic E-state index is 11.2. The van der Waals surface area contributed by atoms with Gasteiger partial charge in [0.15, 0.2) is 5.79 Å². The molecule has 2 aliphatic rings. The van der Waals surface area contributed by atoms with Crippen LogP contribution in [0, 0.1) is 10.1 Å². The van der Waals surface area contributed by atoms with Crippen molar-refractivity contribution in [2.75, 3.05) is 31.2 Å². The van der Waals surface area contributed by atoms with Crippen molar-refractivity contribution in [1.29, 1.82) is 0 Å². The van der Waals surface area contributed by atoms with Crippen LogP contribution >= 0.6 is 0 Å². The van der Waals surface area contributed by atoms with Gasteiger partial charge in [0.1, 0.15) is 5.52 Å². The van der Waals surface area contributed by atoms with E-state index >= 15 is 0 Å². The highest BCUT2D eigenvalue weighted by molar-refractivity contribution is 5.97. The lowest BCUT2D eigenvalue weighted by atomic mass is 10.0. The van der Waals surface area contributed by atoms with Crippen LogP contribution in [-0.2, 0) is 9.47 Å². The van der Waals surface area contributed by atoms with Gasteiger partial charge in [-0.3, -0.25) is 15.1 Å². The quantitative estimate of drug-likeness (QED) is 0.626. The Morgan fingerprint density at radius 3 is 2.87 bits per heavy atom. The second-order valence-corrected chi connectivity index (χ2v) is 5.89. The van der Waals surface area contributed by atoms with Gasteiger partial charge >= 0.3 is 0 Å². The number of anilines is 1. The third-order valence-electron chi connectivity index (χ3n) is 4.49. The van der Waals surface area contributed by atoms with Crippen molar-refractivity contribution >= 4 is 22.3 Å². The fourth-order valence-electron chi connectivity index (χ4n) is 3.48. The number of nitro benzene ring substituents is 1. The molecular formula is C16H17N3O4. The maximum Gasteiger partial charge on any atom is 0.278 e. The third-order valence-corrected chi connectivity index (χ3v) is 4.49. The number of rotatable bonds is 2. The minimum Gasteiger partial charge on any atom is -0.364 e. The molecule has 1 aromatic carbocycles. The molecule has 4 rings (SSSR count). The summed E-state index contributed by atoms with van der Waals surface area (Å²) < 4.78 is 11.6. The molecule has 2 aromatic rings. The van der Waals surface area contributed by atoms with Gasteiger partial charge in [0, 0.05) is 25.2 Å². The van der Waals surface area contributed by atoms with Crippen LogP contribution in [-0.4, -0.2) is 42.0 Å². The number of ether oxygens (including phenoxy) is 2. The Bertz CT molecular complexity index is 758. The minimum atomic E-state index is -0.541. The van der Waals surface area contributed by atoms with E-state index in [-0.39, 0.29) is 10.6 Å². The number of aromatic nitrogens is 1. The predicted octanol–water partition coefficient (Wildman–Crippen LogP) is 2.49. The smallest absolute Gasteiger partial charge is 0.278 e. The van der Waals surface area contributed by atoms with Gasteiger partial charge in [0.25, 0.3) is 5.69 Å². The van der Waals surface area contributed by atoms with E-state index in [4.69, 9.17) is 9.47 Å². The zero-order valence-electron chi connectivity index (χ0n) is 12.6. The molecule has 0 amide bonds. The summed E-state index contributed by atoms with van der Waals surface area (Å²) in [6.07, 6.45) is 3.49. The predicted molar refractivity (Wildman–Crippen MR) is 84.5 cm³/mol. The number of piperidine rings is 1. The van der Waals surface area contributed by atoms with Gasteiger partial charge in [-0.15, -0.1) is 0 Å². The van der Waals surface area contributed by atoms with Crippen molar-refractivity contribution in [2.24, 2.45) is 0 Å². The molecule has 0 aliphatic carbocycles. The minimum absolute atomic E-state index is 0.0805. The molecule has 0 radical (unpaired) electrons. The molecular weight excluding hydrogens is 298 g/mol. The summed E-state index contributed by atoms with van der Waals surface area (Å²) >= 11 is 0. The molecule has 1 spiro atoms. The molecule has 23 heavy (non-hydrogen) atoms. The number of hydrogen-bond acceptors (Lipinski definition) is 6. The first-order valence-corrected chi connectivity index (χ1v) is 7.74. The molecule has 3 heterocycles. The van der Waals surface area contributed by atoms with Crippen molar-refractivity contribution in [3.63, 3.8) is 0 Å². The Kier molecular flexibility index (Phi) is 3.39. The van der Waals surface area contributed by atoms with Crippen molar-refractivity contribution in [2.45, 2.75) is 18.6 Å². The first kappa shape index (κ1) is 14.3. The van der Waals surface area contributed by atoms with Crippen molar-refractivity contribution in [3.8, 4) is 0 Å². The number of pyridine rings is 1. The van der Waals surface area contributed by atoms with Crippen LogP contribution < -0.4 is 4.90 Å². The van der Waals surface area contributed by atoms with E-state index in [9.17, 15) is 10.1 Å².